The molecule has 11 heteroatoms. The van der Waals surface area contributed by atoms with E-state index in [1.54, 1.807) is 18.2 Å². The van der Waals surface area contributed by atoms with Gasteiger partial charge in [-0.1, -0.05) is 10.3 Å². The molecular weight excluding hydrogens is 392 g/mol. The molecule has 0 saturated heterocycles. The number of nitrogens with zero attached hydrogens (tertiary/aromatic N) is 3. The molecule has 2 aromatic heterocycles. The maximum Gasteiger partial charge on any atom is 0.439 e. The molecule has 30 heavy (non-hydrogen) atoms. The van der Waals surface area contributed by atoms with E-state index in [1.165, 1.54) is 25.1 Å². The third-order valence-corrected chi connectivity index (χ3v) is 4.10. The second-order valence-corrected chi connectivity index (χ2v) is 6.19. The highest BCUT2D eigenvalue weighted by atomic mass is 16.5. The molecule has 0 aliphatic carbocycles. The lowest BCUT2D eigenvalue weighted by molar-refractivity contribution is -0.114. The number of anilines is 2. The Morgan fingerprint density at radius 3 is 2.63 bits per heavy atom. The van der Waals surface area contributed by atoms with Gasteiger partial charge in [0.05, 0.1) is 22.7 Å². The van der Waals surface area contributed by atoms with Gasteiger partial charge in [-0.15, -0.1) is 0 Å². The van der Waals surface area contributed by atoms with E-state index in [0.717, 1.165) is 0 Å². The average molecular weight is 404 g/mol. The Morgan fingerprint density at radius 2 is 1.93 bits per heavy atom. The van der Waals surface area contributed by atoms with Gasteiger partial charge in [-0.05, 0) is 36.4 Å². The predicted octanol–water partition coefficient (Wildman–Crippen LogP) is 2.25. The Labute approximate surface area is 167 Å². The lowest BCUT2D eigenvalue weighted by Crippen LogP contribution is -2.14. The number of H-pyrrole nitrogens is 1. The number of aromatic amines is 1. The summed E-state index contributed by atoms with van der Waals surface area (Å²) >= 11 is 0. The third-order valence-electron chi connectivity index (χ3n) is 4.10. The number of carbonyl (C=O) groups is 2. The fraction of sp³-hybridized carbons (Fsp3) is 0.0526. The van der Waals surface area contributed by atoms with Crippen LogP contribution in [0.25, 0.3) is 22.4 Å². The lowest BCUT2D eigenvalue weighted by atomic mass is 10.1. The van der Waals surface area contributed by atoms with Crippen LogP contribution in [0.1, 0.15) is 23.0 Å². The van der Waals surface area contributed by atoms with Gasteiger partial charge in [0, 0.05) is 18.2 Å². The number of rotatable bonds is 4. The van der Waals surface area contributed by atoms with E-state index >= 15 is 0 Å². The van der Waals surface area contributed by atoms with Gasteiger partial charge in [-0.3, -0.25) is 19.1 Å². The standard InChI is InChI=1S/C19H12N6O5/c1-9(26)21-11-3-5-15-13(7-11)16(24-29-15)18(27)22-14-4-2-10(8-20)6-12(14)17-23-19(28)30-25-17/h2-7H,1H3,(H,21,26)(H,22,27)(H,23,25,28). The molecule has 2 heterocycles. The van der Waals surface area contributed by atoms with Crippen LogP contribution in [0.15, 0.2) is 50.2 Å². The fourth-order valence-corrected chi connectivity index (χ4v) is 2.83. The Bertz CT molecular complexity index is 1390. The van der Waals surface area contributed by atoms with Crippen LogP contribution in [0.4, 0.5) is 11.4 Å². The summed E-state index contributed by atoms with van der Waals surface area (Å²) in [5.74, 6) is -1.60. The normalized spacial score (nSPS) is 10.5. The smallest absolute Gasteiger partial charge is 0.355 e. The number of nitriles is 1. The number of aromatic nitrogens is 3. The van der Waals surface area contributed by atoms with E-state index < -0.39 is 11.7 Å². The highest BCUT2D eigenvalue weighted by Crippen LogP contribution is 2.28. The molecule has 0 aliphatic rings. The van der Waals surface area contributed by atoms with Crippen molar-refractivity contribution in [1.82, 2.24) is 15.3 Å². The first-order valence-electron chi connectivity index (χ1n) is 8.53. The number of carbonyl (C=O) groups excluding carboxylic acids is 2. The molecule has 11 nitrogen and oxygen atoms in total. The highest BCUT2D eigenvalue weighted by Gasteiger charge is 2.20. The van der Waals surface area contributed by atoms with E-state index in [1.807, 2.05) is 6.07 Å². The molecule has 0 unspecified atom stereocenters. The summed E-state index contributed by atoms with van der Waals surface area (Å²) in [6, 6.07) is 11.2. The van der Waals surface area contributed by atoms with Gasteiger partial charge in [-0.25, -0.2) is 4.79 Å². The maximum atomic E-state index is 12.9. The van der Waals surface area contributed by atoms with Crippen LogP contribution in [0.2, 0.25) is 0 Å². The quantitative estimate of drug-likeness (QED) is 0.465. The molecule has 2 amide bonds. The van der Waals surface area contributed by atoms with Crippen molar-refractivity contribution in [3.8, 4) is 17.5 Å². The van der Waals surface area contributed by atoms with Crippen LogP contribution in [0.5, 0.6) is 0 Å². The first-order chi connectivity index (χ1) is 14.4. The summed E-state index contributed by atoms with van der Waals surface area (Å²) in [5.41, 5.74) is 1.65. The minimum atomic E-state index is -0.780. The number of fused-ring (bicyclic) bond motifs is 1. The van der Waals surface area contributed by atoms with Gasteiger partial charge in [0.15, 0.2) is 17.1 Å². The molecular formula is C19H12N6O5. The molecule has 4 aromatic rings. The number of amides is 2. The summed E-state index contributed by atoms with van der Waals surface area (Å²) in [6.07, 6.45) is 0. The zero-order chi connectivity index (χ0) is 21.3. The van der Waals surface area contributed by atoms with Crippen molar-refractivity contribution in [3.63, 3.8) is 0 Å². The molecule has 0 bridgehead atoms. The first-order valence-corrected chi connectivity index (χ1v) is 8.53. The molecule has 2 aromatic carbocycles. The second-order valence-electron chi connectivity index (χ2n) is 6.19. The number of benzene rings is 2. The van der Waals surface area contributed by atoms with Crippen molar-refractivity contribution in [3.05, 3.63) is 58.2 Å². The van der Waals surface area contributed by atoms with Gasteiger partial charge in [-0.2, -0.15) is 5.26 Å². The Kier molecular flexibility index (Phi) is 4.57. The van der Waals surface area contributed by atoms with Crippen molar-refractivity contribution in [2.75, 3.05) is 10.6 Å². The molecule has 0 atom stereocenters. The van der Waals surface area contributed by atoms with Crippen molar-refractivity contribution in [1.29, 1.82) is 5.26 Å². The summed E-state index contributed by atoms with van der Waals surface area (Å²) < 4.78 is 9.69. The van der Waals surface area contributed by atoms with Crippen LogP contribution in [-0.4, -0.2) is 27.1 Å². The van der Waals surface area contributed by atoms with E-state index in [2.05, 4.69) is 30.5 Å². The van der Waals surface area contributed by atoms with Crippen molar-refractivity contribution in [2.45, 2.75) is 6.92 Å². The van der Waals surface area contributed by atoms with Crippen LogP contribution in [-0.2, 0) is 4.79 Å². The molecule has 148 valence electrons. The SMILES string of the molecule is CC(=O)Nc1ccc2onc(C(=O)Nc3ccc(C#N)cc3-c3noc(=O)[nH]3)c2c1. The summed E-state index contributed by atoms with van der Waals surface area (Å²) in [6.45, 7) is 1.37. The molecule has 3 N–H and O–H groups in total. The van der Waals surface area contributed by atoms with E-state index in [0.29, 0.717) is 22.2 Å². The van der Waals surface area contributed by atoms with E-state index in [9.17, 15) is 14.4 Å². The first kappa shape index (κ1) is 18.6. The minimum Gasteiger partial charge on any atom is -0.355 e. The third kappa shape index (κ3) is 3.52. The van der Waals surface area contributed by atoms with Gasteiger partial charge >= 0.3 is 5.76 Å². The number of hydrogen-bond donors (Lipinski definition) is 3. The van der Waals surface area contributed by atoms with Crippen LogP contribution < -0.4 is 16.4 Å². The summed E-state index contributed by atoms with van der Waals surface area (Å²) in [7, 11) is 0. The van der Waals surface area contributed by atoms with Crippen LogP contribution >= 0.6 is 0 Å². The zero-order valence-electron chi connectivity index (χ0n) is 15.3. The molecule has 0 radical (unpaired) electrons. The Balaban J connectivity index is 1.72. The van der Waals surface area contributed by atoms with E-state index in [4.69, 9.17) is 9.78 Å². The van der Waals surface area contributed by atoms with Crippen LogP contribution in [0.3, 0.4) is 0 Å². The maximum absolute atomic E-state index is 12.9. The largest absolute Gasteiger partial charge is 0.439 e. The van der Waals surface area contributed by atoms with Gasteiger partial charge in [0.1, 0.15) is 0 Å². The van der Waals surface area contributed by atoms with Crippen molar-refractivity contribution in [2.24, 2.45) is 0 Å². The Hall–Kier alpha value is -4.72. The summed E-state index contributed by atoms with van der Waals surface area (Å²) in [4.78, 5) is 37.8. The summed E-state index contributed by atoms with van der Waals surface area (Å²) in [5, 5.41) is 22.2. The highest BCUT2D eigenvalue weighted by molar-refractivity contribution is 6.12. The second kappa shape index (κ2) is 7.36. The molecule has 4 rings (SSSR count). The van der Waals surface area contributed by atoms with Crippen LogP contribution in [0, 0.1) is 11.3 Å². The predicted molar refractivity (Wildman–Crippen MR) is 104 cm³/mol. The van der Waals surface area contributed by atoms with E-state index in [-0.39, 0.29) is 28.7 Å². The molecule has 0 fully saturated rings. The van der Waals surface area contributed by atoms with Gasteiger partial charge in [0.25, 0.3) is 5.91 Å². The number of nitrogens with one attached hydrogen (secondary N) is 3. The molecule has 0 aliphatic heterocycles. The number of hydrogen-bond acceptors (Lipinski definition) is 8. The zero-order valence-corrected chi connectivity index (χ0v) is 15.3. The van der Waals surface area contributed by atoms with Gasteiger partial charge < -0.3 is 15.2 Å². The molecule has 0 saturated carbocycles. The average Bonchev–Trinajstić information content (AvgIpc) is 3.33. The fourth-order valence-electron chi connectivity index (χ4n) is 2.83. The minimum absolute atomic E-state index is 0.0128. The monoisotopic (exact) mass is 404 g/mol. The van der Waals surface area contributed by atoms with Gasteiger partial charge in [0.2, 0.25) is 5.91 Å². The lowest BCUT2D eigenvalue weighted by Gasteiger charge is -2.08. The molecule has 0 spiro atoms. The van der Waals surface area contributed by atoms with Crippen molar-refractivity contribution >= 4 is 34.2 Å². The topological polar surface area (TPSA) is 167 Å². The Morgan fingerprint density at radius 1 is 1.10 bits per heavy atom. The van der Waals surface area contributed by atoms with Crippen molar-refractivity contribution < 1.29 is 18.6 Å².